The predicted molar refractivity (Wildman–Crippen MR) is 63.6 cm³/mol. The highest BCUT2D eigenvalue weighted by atomic mass is 14.9. The van der Waals surface area contributed by atoms with Crippen molar-refractivity contribution in [2.75, 3.05) is 13.1 Å². The van der Waals surface area contributed by atoms with Gasteiger partial charge in [-0.2, -0.15) is 0 Å². The minimum Gasteiger partial charge on any atom is -0.317 e. The Morgan fingerprint density at radius 2 is 1.94 bits per heavy atom. The fourth-order valence-corrected chi connectivity index (χ4v) is 2.91. The first-order valence-electron chi connectivity index (χ1n) is 6.41. The summed E-state index contributed by atoms with van der Waals surface area (Å²) >= 11 is 0. The number of nitrogens with one attached hydrogen (secondary N) is 1. The molecular weight excluding hydrogens is 198 g/mol. The molecule has 0 aromatic carbocycles. The van der Waals surface area contributed by atoms with E-state index in [9.17, 15) is 0 Å². The molecule has 0 spiro atoms. The summed E-state index contributed by atoms with van der Waals surface area (Å²) in [6.07, 6.45) is 6.00. The number of aryl methyl sites for hydroxylation is 2. The van der Waals surface area contributed by atoms with Crippen molar-refractivity contribution < 1.29 is 0 Å². The first kappa shape index (κ1) is 10.2. The van der Waals surface area contributed by atoms with Crippen LogP contribution in [0.25, 0.3) is 0 Å². The number of hydrogen-bond donors (Lipinski definition) is 1. The SMILES string of the molecule is Cc1nc(C2CCNCC2)nc2c1CCC2. The Bertz CT molecular complexity index is 394. The third-order valence-electron chi connectivity index (χ3n) is 3.86. The number of aromatic nitrogens is 2. The number of nitrogens with zero attached hydrogens (tertiary/aromatic N) is 2. The highest BCUT2D eigenvalue weighted by molar-refractivity contribution is 5.29. The molecule has 2 aliphatic rings. The van der Waals surface area contributed by atoms with Gasteiger partial charge in [0.2, 0.25) is 0 Å². The van der Waals surface area contributed by atoms with Crippen LogP contribution in [0.4, 0.5) is 0 Å². The van der Waals surface area contributed by atoms with Crippen LogP contribution in [0.5, 0.6) is 0 Å². The summed E-state index contributed by atoms with van der Waals surface area (Å²) in [5.41, 5.74) is 4.00. The molecule has 0 bridgehead atoms. The van der Waals surface area contributed by atoms with Crippen molar-refractivity contribution in [3.63, 3.8) is 0 Å². The molecule has 0 radical (unpaired) electrons. The molecule has 86 valence electrons. The molecule has 0 amide bonds. The Balaban J connectivity index is 1.92. The molecule has 1 aliphatic carbocycles. The Morgan fingerprint density at radius 1 is 1.12 bits per heavy atom. The Labute approximate surface area is 96.7 Å². The van der Waals surface area contributed by atoms with Crippen molar-refractivity contribution >= 4 is 0 Å². The van der Waals surface area contributed by atoms with E-state index in [1.807, 2.05) is 0 Å². The molecule has 16 heavy (non-hydrogen) atoms. The van der Waals surface area contributed by atoms with E-state index in [0.717, 1.165) is 25.3 Å². The zero-order chi connectivity index (χ0) is 11.0. The van der Waals surface area contributed by atoms with Crippen LogP contribution in [0.3, 0.4) is 0 Å². The van der Waals surface area contributed by atoms with Gasteiger partial charge in [-0.05, 0) is 57.7 Å². The topological polar surface area (TPSA) is 37.8 Å². The van der Waals surface area contributed by atoms with E-state index in [2.05, 4.69) is 12.2 Å². The van der Waals surface area contributed by atoms with Crippen LogP contribution in [0.15, 0.2) is 0 Å². The van der Waals surface area contributed by atoms with Gasteiger partial charge in [-0.3, -0.25) is 0 Å². The lowest BCUT2D eigenvalue weighted by Gasteiger charge is -2.22. The Kier molecular flexibility index (Phi) is 2.64. The van der Waals surface area contributed by atoms with Crippen LogP contribution in [0.2, 0.25) is 0 Å². The molecule has 0 unspecified atom stereocenters. The lowest BCUT2D eigenvalue weighted by Crippen LogP contribution is -2.27. The summed E-state index contributed by atoms with van der Waals surface area (Å²) in [5, 5.41) is 3.40. The second kappa shape index (κ2) is 4.13. The lowest BCUT2D eigenvalue weighted by molar-refractivity contribution is 0.443. The van der Waals surface area contributed by atoms with Crippen LogP contribution < -0.4 is 5.32 Å². The van der Waals surface area contributed by atoms with E-state index < -0.39 is 0 Å². The van der Waals surface area contributed by atoms with Gasteiger partial charge in [-0.1, -0.05) is 0 Å². The quantitative estimate of drug-likeness (QED) is 0.778. The first-order chi connectivity index (χ1) is 7.84. The summed E-state index contributed by atoms with van der Waals surface area (Å²) in [5.74, 6) is 1.70. The highest BCUT2D eigenvalue weighted by Gasteiger charge is 2.22. The average molecular weight is 217 g/mol. The van der Waals surface area contributed by atoms with E-state index in [1.165, 1.54) is 42.6 Å². The fraction of sp³-hybridized carbons (Fsp3) is 0.692. The standard InChI is InChI=1S/C13H19N3/c1-9-11-3-2-4-12(11)16-13(15-9)10-5-7-14-8-6-10/h10,14H,2-8H2,1H3. The summed E-state index contributed by atoms with van der Waals surface area (Å²) in [4.78, 5) is 9.53. The molecule has 3 heteroatoms. The van der Waals surface area contributed by atoms with Gasteiger partial charge >= 0.3 is 0 Å². The minimum atomic E-state index is 0.589. The van der Waals surface area contributed by atoms with Gasteiger partial charge in [0.25, 0.3) is 0 Å². The van der Waals surface area contributed by atoms with E-state index in [-0.39, 0.29) is 0 Å². The van der Waals surface area contributed by atoms with Crippen LogP contribution in [0.1, 0.15) is 48.0 Å². The maximum Gasteiger partial charge on any atom is 0.132 e. The number of hydrogen-bond acceptors (Lipinski definition) is 3. The average Bonchev–Trinajstić information content (AvgIpc) is 2.79. The van der Waals surface area contributed by atoms with Crippen molar-refractivity contribution in [1.29, 1.82) is 0 Å². The van der Waals surface area contributed by atoms with Gasteiger partial charge in [-0.25, -0.2) is 9.97 Å². The number of rotatable bonds is 1. The second-order valence-corrected chi connectivity index (χ2v) is 4.97. The summed E-state index contributed by atoms with van der Waals surface area (Å²) in [6, 6.07) is 0. The molecular formula is C13H19N3. The Morgan fingerprint density at radius 3 is 2.75 bits per heavy atom. The second-order valence-electron chi connectivity index (χ2n) is 4.97. The molecule has 1 aromatic heterocycles. The summed E-state index contributed by atoms with van der Waals surface area (Å²) < 4.78 is 0. The summed E-state index contributed by atoms with van der Waals surface area (Å²) in [7, 11) is 0. The minimum absolute atomic E-state index is 0.589. The van der Waals surface area contributed by atoms with E-state index in [4.69, 9.17) is 9.97 Å². The van der Waals surface area contributed by atoms with E-state index in [1.54, 1.807) is 0 Å². The van der Waals surface area contributed by atoms with Gasteiger partial charge in [0.05, 0.1) is 0 Å². The number of piperidine rings is 1. The molecule has 2 heterocycles. The zero-order valence-electron chi connectivity index (χ0n) is 9.92. The first-order valence-corrected chi connectivity index (χ1v) is 6.41. The van der Waals surface area contributed by atoms with E-state index >= 15 is 0 Å². The fourth-order valence-electron chi connectivity index (χ4n) is 2.91. The lowest BCUT2D eigenvalue weighted by atomic mass is 9.97. The van der Waals surface area contributed by atoms with Crippen LogP contribution in [0, 0.1) is 6.92 Å². The maximum absolute atomic E-state index is 4.80. The van der Waals surface area contributed by atoms with Gasteiger partial charge in [-0.15, -0.1) is 0 Å². The smallest absolute Gasteiger partial charge is 0.132 e. The van der Waals surface area contributed by atoms with Crippen molar-refractivity contribution in [3.8, 4) is 0 Å². The molecule has 1 aliphatic heterocycles. The molecule has 1 saturated heterocycles. The van der Waals surface area contributed by atoms with Gasteiger partial charge in [0.1, 0.15) is 5.82 Å². The normalized spacial score (nSPS) is 21.1. The van der Waals surface area contributed by atoms with Gasteiger partial charge < -0.3 is 5.32 Å². The largest absolute Gasteiger partial charge is 0.317 e. The summed E-state index contributed by atoms with van der Waals surface area (Å²) in [6.45, 7) is 4.38. The Hall–Kier alpha value is -0.960. The number of fused-ring (bicyclic) bond motifs is 1. The highest BCUT2D eigenvalue weighted by Crippen LogP contribution is 2.27. The molecule has 3 rings (SSSR count). The van der Waals surface area contributed by atoms with Crippen LogP contribution >= 0.6 is 0 Å². The monoisotopic (exact) mass is 217 g/mol. The zero-order valence-corrected chi connectivity index (χ0v) is 9.92. The van der Waals surface area contributed by atoms with E-state index in [0.29, 0.717) is 5.92 Å². The van der Waals surface area contributed by atoms with Gasteiger partial charge in [0.15, 0.2) is 0 Å². The third kappa shape index (κ3) is 1.73. The van der Waals surface area contributed by atoms with Crippen LogP contribution in [-0.4, -0.2) is 23.1 Å². The molecule has 0 atom stereocenters. The van der Waals surface area contributed by atoms with Crippen LogP contribution in [-0.2, 0) is 12.8 Å². The van der Waals surface area contributed by atoms with Crippen molar-refractivity contribution in [3.05, 3.63) is 22.8 Å². The maximum atomic E-state index is 4.80. The molecule has 1 fully saturated rings. The predicted octanol–water partition coefficient (Wildman–Crippen LogP) is 1.74. The molecule has 1 N–H and O–H groups in total. The molecule has 1 aromatic rings. The van der Waals surface area contributed by atoms with Crippen molar-refractivity contribution in [1.82, 2.24) is 15.3 Å². The van der Waals surface area contributed by atoms with Crippen molar-refractivity contribution in [2.45, 2.75) is 44.9 Å². The van der Waals surface area contributed by atoms with Gasteiger partial charge in [0, 0.05) is 17.3 Å². The molecule has 0 saturated carbocycles. The third-order valence-corrected chi connectivity index (χ3v) is 3.86. The van der Waals surface area contributed by atoms with Crippen molar-refractivity contribution in [2.24, 2.45) is 0 Å². The molecule has 3 nitrogen and oxygen atoms in total.